The summed E-state index contributed by atoms with van der Waals surface area (Å²) < 4.78 is 10.2. The molecule has 0 saturated heterocycles. The molecule has 1 aliphatic rings. The molecule has 2 aromatic carbocycles. The molecular weight excluding hydrogens is 324 g/mol. The Kier molecular flexibility index (Phi) is 4.22. The van der Waals surface area contributed by atoms with Crippen LogP contribution in [-0.2, 0) is 4.79 Å². The summed E-state index contributed by atoms with van der Waals surface area (Å²) in [5.74, 6) is -0.0718. The van der Waals surface area contributed by atoms with Crippen LogP contribution in [0.5, 0.6) is 17.2 Å². The number of rotatable bonds is 3. The number of hydrogen-bond donors (Lipinski definition) is 2. The van der Waals surface area contributed by atoms with Crippen LogP contribution in [0, 0.1) is 0 Å². The fourth-order valence-corrected chi connectivity index (χ4v) is 2.76. The minimum absolute atomic E-state index is 0.153. The summed E-state index contributed by atoms with van der Waals surface area (Å²) in [5, 5.41) is 12.6. The van der Waals surface area contributed by atoms with Crippen molar-refractivity contribution in [1.29, 1.82) is 0 Å². The smallest absolute Gasteiger partial charge is 0.261 e. The van der Waals surface area contributed by atoms with Gasteiger partial charge in [0.15, 0.2) is 11.5 Å². The molecule has 7 nitrogen and oxygen atoms in total. The van der Waals surface area contributed by atoms with Crippen LogP contribution in [0.3, 0.4) is 0 Å². The van der Waals surface area contributed by atoms with Crippen molar-refractivity contribution in [3.8, 4) is 17.2 Å². The molecule has 1 unspecified atom stereocenters. The molecule has 0 saturated carbocycles. The van der Waals surface area contributed by atoms with Gasteiger partial charge >= 0.3 is 0 Å². The number of nitrogens with one attached hydrogen (secondary N) is 1. The summed E-state index contributed by atoms with van der Waals surface area (Å²) in [4.78, 5) is 26.9. The van der Waals surface area contributed by atoms with E-state index in [2.05, 4.69) is 5.32 Å². The molecule has 2 aromatic rings. The van der Waals surface area contributed by atoms with Gasteiger partial charge in [0.2, 0.25) is 5.91 Å². The number of nitrogens with zero attached hydrogens (tertiary/aromatic N) is 1. The second-order valence-electron chi connectivity index (χ2n) is 5.61. The molecule has 0 radical (unpaired) electrons. The Morgan fingerprint density at radius 3 is 2.36 bits per heavy atom. The Labute approximate surface area is 144 Å². The van der Waals surface area contributed by atoms with E-state index in [-0.39, 0.29) is 34.6 Å². The molecule has 0 fully saturated rings. The minimum atomic E-state index is -0.735. The van der Waals surface area contributed by atoms with Gasteiger partial charge in [0.1, 0.15) is 11.8 Å². The number of carbonyl (C=O) groups is 2. The molecule has 1 heterocycles. The predicted octanol–water partition coefficient (Wildman–Crippen LogP) is 2.40. The van der Waals surface area contributed by atoms with Gasteiger partial charge in [-0.15, -0.1) is 0 Å². The van der Waals surface area contributed by atoms with Crippen LogP contribution in [0.25, 0.3) is 0 Å². The highest BCUT2D eigenvalue weighted by Gasteiger charge is 2.34. The Morgan fingerprint density at radius 1 is 1.08 bits per heavy atom. The van der Waals surface area contributed by atoms with Gasteiger partial charge in [0.25, 0.3) is 5.91 Å². The molecule has 7 heteroatoms. The van der Waals surface area contributed by atoms with Gasteiger partial charge in [-0.2, -0.15) is 0 Å². The Bertz CT molecular complexity index is 832. The maximum absolute atomic E-state index is 13.1. The van der Waals surface area contributed by atoms with Crippen molar-refractivity contribution < 1.29 is 24.2 Å². The van der Waals surface area contributed by atoms with E-state index < -0.39 is 6.04 Å². The van der Waals surface area contributed by atoms with E-state index in [1.54, 1.807) is 38.3 Å². The van der Waals surface area contributed by atoms with Gasteiger partial charge in [-0.05, 0) is 37.3 Å². The zero-order chi connectivity index (χ0) is 18.1. The van der Waals surface area contributed by atoms with Crippen LogP contribution < -0.4 is 19.7 Å². The summed E-state index contributed by atoms with van der Waals surface area (Å²) in [6.07, 6.45) is 0. The highest BCUT2D eigenvalue weighted by atomic mass is 16.5. The van der Waals surface area contributed by atoms with Gasteiger partial charge in [0, 0.05) is 11.8 Å². The van der Waals surface area contributed by atoms with Crippen molar-refractivity contribution >= 4 is 23.2 Å². The highest BCUT2D eigenvalue weighted by molar-refractivity contribution is 6.18. The maximum Gasteiger partial charge on any atom is 0.261 e. The molecule has 0 aliphatic carbocycles. The number of aromatic hydroxyl groups is 1. The standard InChI is InChI=1S/C18H18N2O5/c1-10-17(22)19-14-9-15(21)16(25-3)8-13(14)18(23)20(10)11-4-6-12(24-2)7-5-11/h4-10,21H,1-3H3,(H,19,22). The fourth-order valence-electron chi connectivity index (χ4n) is 2.76. The van der Waals surface area contributed by atoms with Crippen molar-refractivity contribution in [2.45, 2.75) is 13.0 Å². The molecule has 1 atom stereocenters. The summed E-state index contributed by atoms with van der Waals surface area (Å²) in [7, 11) is 2.95. The van der Waals surface area contributed by atoms with Crippen LogP contribution in [0.4, 0.5) is 11.4 Å². The van der Waals surface area contributed by atoms with Crippen molar-refractivity contribution in [1.82, 2.24) is 0 Å². The number of ether oxygens (including phenoxy) is 2. The number of carbonyl (C=O) groups excluding carboxylic acids is 2. The van der Waals surface area contributed by atoms with Gasteiger partial charge in [-0.1, -0.05) is 0 Å². The molecule has 2 amide bonds. The lowest BCUT2D eigenvalue weighted by Crippen LogP contribution is -2.43. The summed E-state index contributed by atoms with van der Waals surface area (Å²) in [6.45, 7) is 1.64. The van der Waals surface area contributed by atoms with Crippen LogP contribution in [0.1, 0.15) is 17.3 Å². The van der Waals surface area contributed by atoms with Gasteiger partial charge in [0.05, 0.1) is 25.5 Å². The van der Waals surface area contributed by atoms with Crippen molar-refractivity contribution in [2.75, 3.05) is 24.4 Å². The number of fused-ring (bicyclic) bond motifs is 1. The first-order valence-corrected chi connectivity index (χ1v) is 7.65. The lowest BCUT2D eigenvalue weighted by molar-refractivity contribution is -0.117. The summed E-state index contributed by atoms with van der Waals surface area (Å²) in [6, 6.07) is 8.86. The van der Waals surface area contributed by atoms with Crippen LogP contribution in [0.15, 0.2) is 36.4 Å². The predicted molar refractivity (Wildman–Crippen MR) is 92.6 cm³/mol. The van der Waals surface area contributed by atoms with Crippen LogP contribution in [-0.4, -0.2) is 37.2 Å². The number of anilines is 2. The van der Waals surface area contributed by atoms with E-state index in [9.17, 15) is 14.7 Å². The summed E-state index contributed by atoms with van der Waals surface area (Å²) in [5.41, 5.74) is 1.05. The third-order valence-corrected chi connectivity index (χ3v) is 4.14. The Morgan fingerprint density at radius 2 is 1.76 bits per heavy atom. The minimum Gasteiger partial charge on any atom is -0.504 e. The van der Waals surface area contributed by atoms with Gasteiger partial charge in [-0.3, -0.25) is 14.5 Å². The molecule has 1 aliphatic heterocycles. The fraction of sp³-hybridized carbons (Fsp3) is 0.222. The maximum atomic E-state index is 13.1. The molecule has 0 aromatic heterocycles. The summed E-state index contributed by atoms with van der Waals surface area (Å²) >= 11 is 0. The largest absolute Gasteiger partial charge is 0.504 e. The molecule has 0 spiro atoms. The Hall–Kier alpha value is -3.22. The van der Waals surface area contributed by atoms with Crippen molar-refractivity contribution in [3.05, 3.63) is 42.0 Å². The molecule has 2 N–H and O–H groups in total. The topological polar surface area (TPSA) is 88.1 Å². The van der Waals surface area contributed by atoms with E-state index >= 15 is 0 Å². The second-order valence-corrected chi connectivity index (χ2v) is 5.61. The molecular formula is C18H18N2O5. The lowest BCUT2D eigenvalue weighted by Gasteiger charge is -2.26. The quantitative estimate of drug-likeness (QED) is 0.894. The number of hydrogen-bond acceptors (Lipinski definition) is 5. The zero-order valence-corrected chi connectivity index (χ0v) is 14.1. The zero-order valence-electron chi connectivity index (χ0n) is 14.1. The third-order valence-electron chi connectivity index (χ3n) is 4.14. The molecule has 25 heavy (non-hydrogen) atoms. The number of amides is 2. The number of methoxy groups -OCH3 is 2. The molecule has 130 valence electrons. The van der Waals surface area contributed by atoms with Crippen molar-refractivity contribution in [3.63, 3.8) is 0 Å². The Balaban J connectivity index is 2.12. The lowest BCUT2D eigenvalue weighted by atomic mass is 10.1. The van der Waals surface area contributed by atoms with Crippen molar-refractivity contribution in [2.24, 2.45) is 0 Å². The average molecular weight is 342 g/mol. The van der Waals surface area contributed by atoms with Crippen LogP contribution in [0.2, 0.25) is 0 Å². The van der Waals surface area contributed by atoms with E-state index in [4.69, 9.17) is 9.47 Å². The molecule has 3 rings (SSSR count). The number of benzene rings is 2. The van der Waals surface area contributed by atoms with Gasteiger partial charge in [-0.25, -0.2) is 0 Å². The molecule has 0 bridgehead atoms. The highest BCUT2D eigenvalue weighted by Crippen LogP contribution is 2.36. The van der Waals surface area contributed by atoms with E-state index in [0.29, 0.717) is 11.4 Å². The van der Waals surface area contributed by atoms with E-state index in [1.165, 1.54) is 24.1 Å². The van der Waals surface area contributed by atoms with E-state index in [0.717, 1.165) is 0 Å². The van der Waals surface area contributed by atoms with E-state index in [1.807, 2.05) is 0 Å². The average Bonchev–Trinajstić information content (AvgIpc) is 2.70. The third kappa shape index (κ3) is 2.84. The first-order chi connectivity index (χ1) is 12.0. The first kappa shape index (κ1) is 16.6. The SMILES string of the molecule is COc1ccc(N2C(=O)c3cc(OC)c(O)cc3NC(=O)C2C)cc1. The van der Waals surface area contributed by atoms with Crippen LogP contribution >= 0.6 is 0 Å². The second kappa shape index (κ2) is 6.35. The monoisotopic (exact) mass is 342 g/mol. The number of phenolic OH excluding ortho intramolecular Hbond substituents is 1. The normalized spacial score (nSPS) is 16.8. The number of phenols is 1. The van der Waals surface area contributed by atoms with Gasteiger partial charge < -0.3 is 19.9 Å². The first-order valence-electron chi connectivity index (χ1n) is 7.65.